The lowest BCUT2D eigenvalue weighted by atomic mass is 9.91. The fraction of sp³-hybridized carbons (Fsp3) is 0.944. The molecule has 3 aliphatic heterocycles. The lowest BCUT2D eigenvalue weighted by Crippen LogP contribution is -2.58. The van der Waals surface area contributed by atoms with Crippen molar-refractivity contribution in [3.8, 4) is 0 Å². The zero-order valence-corrected chi connectivity index (χ0v) is 14.7. The van der Waals surface area contributed by atoms with Gasteiger partial charge in [-0.15, -0.1) is 0 Å². The number of carbonyl (C=O) groups excluding carboxylic acids is 1. The second-order valence-corrected chi connectivity index (χ2v) is 7.93. The lowest BCUT2D eigenvalue weighted by molar-refractivity contribution is -0.156. The Labute approximate surface area is 140 Å². The van der Waals surface area contributed by atoms with Crippen molar-refractivity contribution >= 4 is 5.91 Å². The molecule has 1 unspecified atom stereocenters. The van der Waals surface area contributed by atoms with Crippen molar-refractivity contribution in [3.63, 3.8) is 0 Å². The number of β-amino-alcohol motifs (C(OH)–C–C–N with tert-alkyl or cyclic N) is 1. The molecule has 3 aliphatic rings. The minimum absolute atomic E-state index is 0.0218. The normalized spacial score (nSPS) is 31.7. The van der Waals surface area contributed by atoms with Crippen LogP contribution in [0.2, 0.25) is 0 Å². The van der Waals surface area contributed by atoms with E-state index in [1.54, 1.807) is 0 Å². The van der Waals surface area contributed by atoms with E-state index >= 15 is 0 Å². The Hall–Kier alpha value is -0.650. The van der Waals surface area contributed by atoms with Crippen LogP contribution < -0.4 is 0 Å². The predicted molar refractivity (Wildman–Crippen MR) is 91.3 cm³/mol. The van der Waals surface area contributed by atoms with E-state index in [0.717, 1.165) is 57.9 Å². The number of aliphatic hydroxyl groups is 1. The van der Waals surface area contributed by atoms with E-state index in [1.807, 2.05) is 4.90 Å². The van der Waals surface area contributed by atoms with Gasteiger partial charge in [-0.3, -0.25) is 9.69 Å². The second-order valence-electron chi connectivity index (χ2n) is 7.93. The summed E-state index contributed by atoms with van der Waals surface area (Å²) < 4.78 is 0. The molecule has 1 amide bonds. The molecular formula is C18H33N3O2. The van der Waals surface area contributed by atoms with Gasteiger partial charge in [0, 0.05) is 32.7 Å². The van der Waals surface area contributed by atoms with E-state index in [9.17, 15) is 9.90 Å². The first-order valence-electron chi connectivity index (χ1n) is 9.53. The highest BCUT2D eigenvalue weighted by molar-refractivity contribution is 5.85. The highest BCUT2D eigenvalue weighted by Crippen LogP contribution is 2.25. The molecule has 5 nitrogen and oxygen atoms in total. The van der Waals surface area contributed by atoms with Gasteiger partial charge in [-0.2, -0.15) is 0 Å². The molecule has 1 N–H and O–H groups in total. The third kappa shape index (κ3) is 4.25. The summed E-state index contributed by atoms with van der Waals surface area (Å²) in [7, 11) is 0. The van der Waals surface area contributed by atoms with Crippen LogP contribution in [0.25, 0.3) is 0 Å². The number of likely N-dealkylation sites (tertiary alicyclic amines) is 3. The van der Waals surface area contributed by atoms with Crippen LogP contribution in [0.5, 0.6) is 0 Å². The number of hydrogen-bond donors (Lipinski definition) is 1. The summed E-state index contributed by atoms with van der Waals surface area (Å²) in [5.41, 5.74) is -1.14. The molecule has 1 atom stereocenters. The number of hydrogen-bond acceptors (Lipinski definition) is 4. The molecule has 0 aromatic rings. The van der Waals surface area contributed by atoms with E-state index < -0.39 is 5.60 Å². The van der Waals surface area contributed by atoms with E-state index in [1.165, 1.54) is 25.9 Å². The summed E-state index contributed by atoms with van der Waals surface area (Å²) in [6, 6.07) is 0. The SMILES string of the molecule is CC1CCN(CCN2CCCC(O)(C(=O)N3CCCC3)C2)CC1. The maximum atomic E-state index is 12.6. The highest BCUT2D eigenvalue weighted by Gasteiger charge is 2.43. The van der Waals surface area contributed by atoms with Gasteiger partial charge in [-0.05, 0) is 64.1 Å². The quantitative estimate of drug-likeness (QED) is 0.844. The minimum atomic E-state index is -1.14. The van der Waals surface area contributed by atoms with Crippen molar-refractivity contribution in [1.82, 2.24) is 14.7 Å². The summed E-state index contributed by atoms with van der Waals surface area (Å²) in [4.78, 5) is 19.4. The predicted octanol–water partition coefficient (Wildman–Crippen LogP) is 1.17. The van der Waals surface area contributed by atoms with Crippen molar-refractivity contribution in [2.45, 2.75) is 51.0 Å². The number of piperidine rings is 2. The molecule has 3 fully saturated rings. The molecular weight excluding hydrogens is 290 g/mol. The average Bonchev–Trinajstić information content (AvgIpc) is 3.08. The summed E-state index contributed by atoms with van der Waals surface area (Å²) in [6.07, 6.45) is 6.32. The van der Waals surface area contributed by atoms with Crippen LogP contribution in [0.1, 0.15) is 45.4 Å². The Morgan fingerprint density at radius 2 is 1.65 bits per heavy atom. The van der Waals surface area contributed by atoms with Crippen molar-refractivity contribution < 1.29 is 9.90 Å². The molecule has 0 aliphatic carbocycles. The van der Waals surface area contributed by atoms with Crippen LogP contribution in [-0.2, 0) is 4.79 Å². The molecule has 3 saturated heterocycles. The molecule has 0 radical (unpaired) electrons. The highest BCUT2D eigenvalue weighted by atomic mass is 16.3. The second kappa shape index (κ2) is 7.49. The van der Waals surface area contributed by atoms with Gasteiger partial charge < -0.3 is 14.9 Å². The number of amides is 1. The minimum Gasteiger partial charge on any atom is -0.379 e. The van der Waals surface area contributed by atoms with Gasteiger partial charge >= 0.3 is 0 Å². The Bertz CT molecular complexity index is 403. The largest absolute Gasteiger partial charge is 0.379 e. The van der Waals surface area contributed by atoms with Crippen molar-refractivity contribution in [3.05, 3.63) is 0 Å². The van der Waals surface area contributed by atoms with Gasteiger partial charge in [-0.25, -0.2) is 0 Å². The van der Waals surface area contributed by atoms with Crippen LogP contribution in [0.15, 0.2) is 0 Å². The van der Waals surface area contributed by atoms with Crippen molar-refractivity contribution in [1.29, 1.82) is 0 Å². The summed E-state index contributed by atoms with van der Waals surface area (Å²) >= 11 is 0. The fourth-order valence-electron chi connectivity index (χ4n) is 4.27. The van der Waals surface area contributed by atoms with Gasteiger partial charge in [0.05, 0.1) is 0 Å². The summed E-state index contributed by atoms with van der Waals surface area (Å²) in [6.45, 7) is 9.97. The Morgan fingerprint density at radius 3 is 2.35 bits per heavy atom. The van der Waals surface area contributed by atoms with Gasteiger partial charge in [-0.1, -0.05) is 6.92 Å². The molecule has 0 aromatic carbocycles. The monoisotopic (exact) mass is 323 g/mol. The number of rotatable bonds is 4. The molecule has 23 heavy (non-hydrogen) atoms. The first-order chi connectivity index (χ1) is 11.1. The van der Waals surface area contributed by atoms with Crippen molar-refractivity contribution in [2.24, 2.45) is 5.92 Å². The smallest absolute Gasteiger partial charge is 0.255 e. The van der Waals surface area contributed by atoms with Crippen molar-refractivity contribution in [2.75, 3.05) is 52.4 Å². The molecule has 3 heterocycles. The van der Waals surface area contributed by atoms with Gasteiger partial charge in [0.1, 0.15) is 0 Å². The van der Waals surface area contributed by atoms with Crippen LogP contribution >= 0.6 is 0 Å². The van der Waals surface area contributed by atoms with Crippen LogP contribution in [0.4, 0.5) is 0 Å². The molecule has 3 rings (SSSR count). The zero-order valence-electron chi connectivity index (χ0n) is 14.7. The first kappa shape index (κ1) is 17.2. The maximum Gasteiger partial charge on any atom is 0.255 e. The third-order valence-corrected chi connectivity index (χ3v) is 5.95. The zero-order chi connectivity index (χ0) is 16.3. The average molecular weight is 323 g/mol. The Morgan fingerprint density at radius 1 is 1.00 bits per heavy atom. The van der Waals surface area contributed by atoms with Gasteiger partial charge in [0.25, 0.3) is 5.91 Å². The Kier molecular flexibility index (Phi) is 5.60. The lowest BCUT2D eigenvalue weighted by Gasteiger charge is -2.41. The summed E-state index contributed by atoms with van der Waals surface area (Å²) in [5, 5.41) is 10.9. The van der Waals surface area contributed by atoms with Crippen LogP contribution in [-0.4, -0.2) is 83.7 Å². The van der Waals surface area contributed by atoms with Crippen LogP contribution in [0.3, 0.4) is 0 Å². The molecule has 0 spiro atoms. The van der Waals surface area contributed by atoms with Crippen LogP contribution in [0, 0.1) is 5.92 Å². The molecule has 0 aromatic heterocycles. The first-order valence-corrected chi connectivity index (χ1v) is 9.53. The maximum absolute atomic E-state index is 12.6. The van der Waals surface area contributed by atoms with E-state index in [-0.39, 0.29) is 5.91 Å². The molecule has 5 heteroatoms. The van der Waals surface area contributed by atoms with E-state index in [0.29, 0.717) is 13.0 Å². The third-order valence-electron chi connectivity index (χ3n) is 5.95. The molecule has 0 bridgehead atoms. The fourth-order valence-corrected chi connectivity index (χ4v) is 4.27. The standard InChI is InChI=1S/C18H33N3O2/c1-16-5-11-19(12-6-16)13-14-20-8-4-7-18(23,15-20)17(22)21-9-2-3-10-21/h16,23H,2-15H2,1H3. The van der Waals surface area contributed by atoms with E-state index in [2.05, 4.69) is 16.7 Å². The van der Waals surface area contributed by atoms with E-state index in [4.69, 9.17) is 0 Å². The Balaban J connectivity index is 1.48. The summed E-state index contributed by atoms with van der Waals surface area (Å²) in [5.74, 6) is 0.843. The van der Waals surface area contributed by atoms with Gasteiger partial charge in [0.15, 0.2) is 5.60 Å². The number of carbonyl (C=O) groups is 1. The topological polar surface area (TPSA) is 47.0 Å². The molecule has 0 saturated carbocycles. The number of nitrogens with zero attached hydrogens (tertiary/aromatic N) is 3. The molecule has 132 valence electrons. The van der Waals surface area contributed by atoms with Gasteiger partial charge in [0.2, 0.25) is 0 Å².